The van der Waals surface area contributed by atoms with Crippen molar-refractivity contribution in [3.05, 3.63) is 52.0 Å². The Morgan fingerprint density at radius 3 is 2.63 bits per heavy atom. The summed E-state index contributed by atoms with van der Waals surface area (Å²) in [5.41, 5.74) is 3.53. The van der Waals surface area contributed by atoms with Gasteiger partial charge in [0.2, 0.25) is 0 Å². The molecule has 4 N–H and O–H groups in total. The van der Waals surface area contributed by atoms with Gasteiger partial charge < -0.3 is 15.4 Å². The van der Waals surface area contributed by atoms with E-state index in [-0.39, 0.29) is 0 Å². The molecule has 1 heterocycles. The average molecular weight is 401 g/mol. The van der Waals surface area contributed by atoms with Crippen molar-refractivity contribution in [2.24, 2.45) is 4.99 Å². The first-order valence-corrected chi connectivity index (χ1v) is 9.11. The number of ether oxygens (including phenoxy) is 1. The van der Waals surface area contributed by atoms with Crippen molar-refractivity contribution in [1.29, 1.82) is 0 Å². The summed E-state index contributed by atoms with van der Waals surface area (Å²) in [7, 11) is 1.86. The van der Waals surface area contributed by atoms with Crippen LogP contribution in [0.3, 0.4) is 0 Å². The molecule has 27 heavy (non-hydrogen) atoms. The molecule has 9 heteroatoms. The van der Waals surface area contributed by atoms with Crippen LogP contribution < -0.4 is 15.4 Å². The van der Waals surface area contributed by atoms with Crippen LogP contribution in [0.25, 0.3) is 5.69 Å². The molecule has 0 fully saturated rings. The maximum atomic E-state index is 5.80. The van der Waals surface area contributed by atoms with Crippen molar-refractivity contribution < 1.29 is 4.74 Å². The van der Waals surface area contributed by atoms with Gasteiger partial charge in [-0.25, -0.2) is 0 Å². The normalized spacial score (nSPS) is 10.9. The molecule has 0 aliphatic heterocycles. The second-order valence-electron chi connectivity index (χ2n) is 5.53. The highest BCUT2D eigenvalue weighted by molar-refractivity contribution is 7.72. The van der Waals surface area contributed by atoms with Gasteiger partial charge in [-0.05, 0) is 61.7 Å². The molecule has 0 aliphatic carbocycles. The summed E-state index contributed by atoms with van der Waals surface area (Å²) in [5.74, 6) is 0.730. The van der Waals surface area contributed by atoms with Gasteiger partial charge in [0.05, 0.1) is 17.1 Å². The fourth-order valence-corrected chi connectivity index (χ4v) is 3.11. The van der Waals surface area contributed by atoms with Crippen LogP contribution in [0.1, 0.15) is 6.92 Å². The minimum absolute atomic E-state index is 0.309. The van der Waals surface area contributed by atoms with Crippen LogP contribution in [0.15, 0.2) is 47.5 Å². The first kappa shape index (κ1) is 18.9. The van der Waals surface area contributed by atoms with Crippen molar-refractivity contribution in [3.63, 3.8) is 0 Å². The Bertz CT molecular complexity index is 1040. The smallest absolute Gasteiger partial charge is 0.198 e. The molecule has 2 aromatic carbocycles. The van der Waals surface area contributed by atoms with E-state index in [4.69, 9.17) is 29.2 Å². The summed E-state index contributed by atoms with van der Waals surface area (Å²) in [6.45, 7) is 2.19. The van der Waals surface area contributed by atoms with E-state index in [1.54, 1.807) is 10.8 Å². The third-order valence-electron chi connectivity index (χ3n) is 3.81. The molecule has 0 radical (unpaired) electrons. The zero-order valence-electron chi connectivity index (χ0n) is 14.9. The molecule has 0 saturated carbocycles. The molecular weight excluding hydrogens is 380 g/mol. The minimum Gasteiger partial charge on any atom is -0.473 e. The number of hydrogen-bond acceptors (Lipinski definition) is 6. The average Bonchev–Trinajstić information content (AvgIpc) is 3.01. The largest absolute Gasteiger partial charge is 0.473 e. The Balaban J connectivity index is 1.70. The SMILES string of the molecule is CC=Nc1cc(OCNc2cccc(-n3c(=S)[nH][nH]c3=S)c2)ccc1NC. The molecule has 0 saturated heterocycles. The van der Waals surface area contributed by atoms with Crippen molar-refractivity contribution in [3.8, 4) is 11.4 Å². The lowest BCUT2D eigenvalue weighted by molar-refractivity contribution is 0.347. The van der Waals surface area contributed by atoms with Crippen molar-refractivity contribution in [1.82, 2.24) is 14.8 Å². The van der Waals surface area contributed by atoms with E-state index in [0.717, 1.165) is 28.5 Å². The number of hydrogen-bond donors (Lipinski definition) is 4. The second kappa shape index (κ2) is 8.65. The number of H-pyrrole nitrogens is 2. The van der Waals surface area contributed by atoms with E-state index in [1.165, 1.54) is 0 Å². The molecule has 3 rings (SSSR count). The van der Waals surface area contributed by atoms with Crippen LogP contribution >= 0.6 is 24.4 Å². The molecule has 0 bridgehead atoms. The summed E-state index contributed by atoms with van der Waals surface area (Å²) in [4.78, 5) is 4.34. The first-order valence-electron chi connectivity index (χ1n) is 8.29. The summed E-state index contributed by atoms with van der Waals surface area (Å²) >= 11 is 10.5. The predicted molar refractivity (Wildman–Crippen MR) is 115 cm³/mol. The van der Waals surface area contributed by atoms with Gasteiger partial charge in [-0.2, -0.15) is 0 Å². The summed E-state index contributed by atoms with van der Waals surface area (Å²) in [6, 6.07) is 13.5. The van der Waals surface area contributed by atoms with Gasteiger partial charge >= 0.3 is 0 Å². The maximum Gasteiger partial charge on any atom is 0.198 e. The minimum atomic E-state index is 0.309. The number of benzene rings is 2. The topological polar surface area (TPSA) is 82.2 Å². The monoisotopic (exact) mass is 400 g/mol. The van der Waals surface area contributed by atoms with Gasteiger partial charge in [0.25, 0.3) is 0 Å². The zero-order chi connectivity index (χ0) is 19.2. The first-order chi connectivity index (χ1) is 13.1. The number of aromatic nitrogens is 3. The highest BCUT2D eigenvalue weighted by atomic mass is 32.1. The van der Waals surface area contributed by atoms with E-state index in [2.05, 4.69) is 25.8 Å². The van der Waals surface area contributed by atoms with Crippen LogP contribution in [-0.2, 0) is 0 Å². The van der Waals surface area contributed by atoms with E-state index in [1.807, 2.05) is 56.4 Å². The second-order valence-corrected chi connectivity index (χ2v) is 6.30. The van der Waals surface area contributed by atoms with Gasteiger partial charge in [-0.1, -0.05) is 6.07 Å². The number of aromatic amines is 2. The van der Waals surface area contributed by atoms with E-state index >= 15 is 0 Å². The standard InChI is InChI=1S/C18H20N6OS2/c1-3-20-16-10-14(7-8-15(16)19-2)25-11-21-12-5-4-6-13(9-12)24-17(26)22-23-18(24)27/h3-10,19,21H,11H2,1-2H3,(H,22,26)(H,23,27). The lowest BCUT2D eigenvalue weighted by Crippen LogP contribution is -2.09. The molecule has 0 unspecified atom stereocenters. The lowest BCUT2D eigenvalue weighted by Gasteiger charge is -2.12. The predicted octanol–water partition coefficient (Wildman–Crippen LogP) is 4.80. The number of nitrogens with one attached hydrogen (secondary N) is 4. The molecular formula is C18H20N6OS2. The number of aliphatic imine (C=N–C) groups is 1. The van der Waals surface area contributed by atoms with Crippen molar-refractivity contribution in [2.45, 2.75) is 6.92 Å². The van der Waals surface area contributed by atoms with E-state index in [9.17, 15) is 0 Å². The molecule has 140 valence electrons. The fraction of sp³-hybridized carbons (Fsp3) is 0.167. The number of nitrogens with zero attached hydrogens (tertiary/aromatic N) is 2. The Morgan fingerprint density at radius 1 is 1.15 bits per heavy atom. The van der Waals surface area contributed by atoms with Crippen LogP contribution in [-0.4, -0.2) is 34.8 Å². The molecule has 1 aromatic heterocycles. The highest BCUT2D eigenvalue weighted by Crippen LogP contribution is 2.29. The lowest BCUT2D eigenvalue weighted by atomic mass is 10.2. The van der Waals surface area contributed by atoms with Crippen LogP contribution in [0, 0.1) is 9.54 Å². The van der Waals surface area contributed by atoms with Crippen LogP contribution in [0.5, 0.6) is 5.75 Å². The van der Waals surface area contributed by atoms with E-state index < -0.39 is 0 Å². The Kier molecular flexibility index (Phi) is 6.05. The fourth-order valence-electron chi connectivity index (χ4n) is 2.56. The molecule has 3 aromatic rings. The number of anilines is 2. The molecule has 0 aliphatic rings. The Hall–Kier alpha value is -2.91. The van der Waals surface area contributed by atoms with Gasteiger partial charge in [0.15, 0.2) is 16.3 Å². The van der Waals surface area contributed by atoms with E-state index in [0.29, 0.717) is 16.3 Å². The third kappa shape index (κ3) is 4.44. The zero-order valence-corrected chi connectivity index (χ0v) is 16.6. The van der Waals surface area contributed by atoms with Crippen LogP contribution in [0.4, 0.5) is 17.1 Å². The van der Waals surface area contributed by atoms with Gasteiger partial charge in [-0.15, -0.1) is 0 Å². The van der Waals surface area contributed by atoms with Gasteiger partial charge in [-0.3, -0.25) is 19.8 Å². The maximum absolute atomic E-state index is 5.80. The van der Waals surface area contributed by atoms with Gasteiger partial charge in [0.1, 0.15) is 5.75 Å². The molecule has 0 amide bonds. The molecule has 7 nitrogen and oxygen atoms in total. The Morgan fingerprint density at radius 2 is 1.93 bits per heavy atom. The third-order valence-corrected chi connectivity index (χ3v) is 4.38. The summed E-state index contributed by atoms with van der Waals surface area (Å²) in [6.07, 6.45) is 1.75. The highest BCUT2D eigenvalue weighted by Gasteiger charge is 2.04. The molecule has 0 atom stereocenters. The van der Waals surface area contributed by atoms with Crippen molar-refractivity contribution in [2.75, 3.05) is 24.4 Å². The summed E-state index contributed by atoms with van der Waals surface area (Å²) < 4.78 is 8.59. The molecule has 0 spiro atoms. The quantitative estimate of drug-likeness (QED) is 0.260. The Labute approximate surface area is 167 Å². The summed E-state index contributed by atoms with van der Waals surface area (Å²) in [5, 5.41) is 12.0. The number of rotatable bonds is 7. The van der Waals surface area contributed by atoms with Crippen molar-refractivity contribution >= 4 is 47.7 Å². The van der Waals surface area contributed by atoms with Gasteiger partial charge in [0, 0.05) is 25.0 Å². The van der Waals surface area contributed by atoms with Crippen LogP contribution in [0.2, 0.25) is 0 Å².